The Balaban J connectivity index is 1.38. The number of hydrogen-bond acceptors (Lipinski definition) is 6. The average molecular weight is 465 g/mol. The Hall–Kier alpha value is -2.68. The maximum absolute atomic E-state index is 12.6. The number of rotatable bonds is 5. The van der Waals surface area contributed by atoms with Crippen LogP contribution in [0.25, 0.3) is 6.08 Å². The Morgan fingerprint density at radius 3 is 2.80 bits per heavy atom. The zero-order valence-electron chi connectivity index (χ0n) is 15.3. The van der Waals surface area contributed by atoms with Crippen molar-refractivity contribution in [1.82, 2.24) is 10.2 Å². The fourth-order valence-corrected chi connectivity index (χ4v) is 4.15. The maximum atomic E-state index is 12.6. The summed E-state index contributed by atoms with van der Waals surface area (Å²) >= 11 is 12.8. The molecule has 0 atom stereocenters. The van der Waals surface area contributed by atoms with Gasteiger partial charge in [-0.1, -0.05) is 35.3 Å². The van der Waals surface area contributed by atoms with Gasteiger partial charge in [0, 0.05) is 13.1 Å². The van der Waals surface area contributed by atoms with Crippen LogP contribution in [0, 0.1) is 0 Å². The molecule has 0 unspecified atom stereocenters. The monoisotopic (exact) mass is 464 g/mol. The SMILES string of the molecule is O=C(NCCN1C(=O)S/C(=C\c2ccc3c(c2)OCO3)C1=O)c1cccc(Cl)c1Cl. The number of hydrogen-bond donors (Lipinski definition) is 1. The summed E-state index contributed by atoms with van der Waals surface area (Å²) in [7, 11) is 0. The van der Waals surface area contributed by atoms with Gasteiger partial charge < -0.3 is 14.8 Å². The predicted molar refractivity (Wildman–Crippen MR) is 114 cm³/mol. The average Bonchev–Trinajstić information content (AvgIpc) is 3.29. The zero-order chi connectivity index (χ0) is 21.3. The van der Waals surface area contributed by atoms with Crippen molar-refractivity contribution in [3.63, 3.8) is 0 Å². The minimum Gasteiger partial charge on any atom is -0.454 e. The van der Waals surface area contributed by atoms with Gasteiger partial charge in [-0.15, -0.1) is 0 Å². The summed E-state index contributed by atoms with van der Waals surface area (Å²) < 4.78 is 10.6. The molecule has 7 nitrogen and oxygen atoms in total. The summed E-state index contributed by atoms with van der Waals surface area (Å²) in [6.45, 7) is 0.269. The summed E-state index contributed by atoms with van der Waals surface area (Å²) in [5.74, 6) is 0.365. The first-order chi connectivity index (χ1) is 14.4. The molecule has 0 radical (unpaired) electrons. The van der Waals surface area contributed by atoms with Gasteiger partial charge in [-0.05, 0) is 47.7 Å². The van der Waals surface area contributed by atoms with Gasteiger partial charge in [0.05, 0.1) is 20.5 Å². The second-order valence-corrected chi connectivity index (χ2v) is 8.08. The van der Waals surface area contributed by atoms with Crippen LogP contribution < -0.4 is 14.8 Å². The Bertz CT molecular complexity index is 1090. The van der Waals surface area contributed by atoms with E-state index in [1.807, 2.05) is 0 Å². The van der Waals surface area contributed by atoms with Crippen LogP contribution in [0.5, 0.6) is 11.5 Å². The molecule has 154 valence electrons. The van der Waals surface area contributed by atoms with Crippen molar-refractivity contribution in [2.45, 2.75) is 0 Å². The van der Waals surface area contributed by atoms with Crippen LogP contribution in [0.1, 0.15) is 15.9 Å². The summed E-state index contributed by atoms with van der Waals surface area (Å²) in [4.78, 5) is 38.5. The van der Waals surface area contributed by atoms with Gasteiger partial charge in [-0.2, -0.15) is 0 Å². The van der Waals surface area contributed by atoms with E-state index in [4.69, 9.17) is 32.7 Å². The Morgan fingerprint density at radius 1 is 1.17 bits per heavy atom. The van der Waals surface area contributed by atoms with Crippen molar-refractivity contribution in [1.29, 1.82) is 0 Å². The second kappa shape index (κ2) is 8.59. The normalized spacial score (nSPS) is 16.5. The highest BCUT2D eigenvalue weighted by Crippen LogP contribution is 2.36. The van der Waals surface area contributed by atoms with E-state index >= 15 is 0 Å². The zero-order valence-corrected chi connectivity index (χ0v) is 17.6. The Kier molecular flexibility index (Phi) is 5.90. The first-order valence-electron chi connectivity index (χ1n) is 8.81. The van der Waals surface area contributed by atoms with E-state index in [1.54, 1.807) is 36.4 Å². The quantitative estimate of drug-likeness (QED) is 0.667. The number of thioether (sulfide) groups is 1. The fourth-order valence-electron chi connectivity index (χ4n) is 2.90. The molecule has 3 amide bonds. The number of fused-ring (bicyclic) bond motifs is 1. The lowest BCUT2D eigenvalue weighted by molar-refractivity contribution is -0.122. The number of halogens is 2. The standard InChI is InChI=1S/C20H14Cl2N2O5S/c21-13-3-1-2-12(17(13)22)18(25)23-6-7-24-19(26)16(30-20(24)27)9-11-4-5-14-15(8-11)29-10-28-14/h1-5,8-9H,6-7,10H2,(H,23,25)/b16-9-. The Morgan fingerprint density at radius 2 is 1.97 bits per heavy atom. The number of carbonyl (C=O) groups is 3. The lowest BCUT2D eigenvalue weighted by Gasteiger charge is -2.13. The van der Waals surface area contributed by atoms with E-state index in [0.717, 1.165) is 16.7 Å². The molecule has 0 aromatic heterocycles. The number of amides is 3. The molecule has 30 heavy (non-hydrogen) atoms. The third-order valence-electron chi connectivity index (χ3n) is 4.39. The van der Waals surface area contributed by atoms with Gasteiger partial charge in [-0.25, -0.2) is 0 Å². The van der Waals surface area contributed by atoms with Crippen molar-refractivity contribution in [3.05, 3.63) is 62.5 Å². The van der Waals surface area contributed by atoms with Crippen LogP contribution in [-0.2, 0) is 4.79 Å². The van der Waals surface area contributed by atoms with Crippen molar-refractivity contribution in [3.8, 4) is 11.5 Å². The van der Waals surface area contributed by atoms with E-state index in [9.17, 15) is 14.4 Å². The smallest absolute Gasteiger partial charge is 0.293 e. The first kappa shape index (κ1) is 20.6. The summed E-state index contributed by atoms with van der Waals surface area (Å²) in [5.41, 5.74) is 0.940. The first-order valence-corrected chi connectivity index (χ1v) is 10.4. The van der Waals surface area contributed by atoms with Crippen LogP contribution in [-0.4, -0.2) is 41.8 Å². The highest BCUT2D eigenvalue weighted by Gasteiger charge is 2.34. The number of carbonyl (C=O) groups excluding carboxylic acids is 3. The number of imide groups is 1. The molecule has 2 aliphatic heterocycles. The van der Waals surface area contributed by atoms with Crippen molar-refractivity contribution in [2.75, 3.05) is 19.9 Å². The molecular formula is C20H14Cl2N2O5S. The highest BCUT2D eigenvalue weighted by molar-refractivity contribution is 8.18. The minimum absolute atomic E-state index is 0.0348. The van der Waals surface area contributed by atoms with Gasteiger partial charge in [-0.3, -0.25) is 19.3 Å². The molecule has 1 fully saturated rings. The topological polar surface area (TPSA) is 84.9 Å². The van der Waals surface area contributed by atoms with Crippen LogP contribution in [0.4, 0.5) is 4.79 Å². The van der Waals surface area contributed by atoms with Crippen LogP contribution in [0.3, 0.4) is 0 Å². The third kappa shape index (κ3) is 4.12. The molecule has 2 heterocycles. The molecule has 0 bridgehead atoms. The van der Waals surface area contributed by atoms with Gasteiger partial charge in [0.15, 0.2) is 11.5 Å². The van der Waals surface area contributed by atoms with Gasteiger partial charge in [0.1, 0.15) is 0 Å². The van der Waals surface area contributed by atoms with E-state index in [0.29, 0.717) is 22.0 Å². The van der Waals surface area contributed by atoms with Crippen molar-refractivity contribution >= 4 is 58.1 Å². The lowest BCUT2D eigenvalue weighted by Crippen LogP contribution is -2.37. The van der Waals surface area contributed by atoms with Gasteiger partial charge >= 0.3 is 0 Å². The maximum Gasteiger partial charge on any atom is 0.293 e. The number of nitrogens with one attached hydrogen (secondary N) is 1. The predicted octanol–water partition coefficient (Wildman–Crippen LogP) is 4.19. The summed E-state index contributed by atoms with van der Waals surface area (Å²) in [6, 6.07) is 9.99. The van der Waals surface area contributed by atoms with Gasteiger partial charge in [0.25, 0.3) is 17.1 Å². The number of benzene rings is 2. The second-order valence-electron chi connectivity index (χ2n) is 6.30. The molecule has 10 heteroatoms. The molecule has 2 aromatic rings. The molecule has 0 saturated carbocycles. The van der Waals surface area contributed by atoms with Gasteiger partial charge in [0.2, 0.25) is 6.79 Å². The molecule has 2 aromatic carbocycles. The molecule has 1 N–H and O–H groups in total. The van der Waals surface area contributed by atoms with Crippen molar-refractivity contribution in [2.24, 2.45) is 0 Å². The summed E-state index contributed by atoms with van der Waals surface area (Å²) in [5, 5.41) is 2.65. The van der Waals surface area contributed by atoms with E-state index in [-0.39, 0.29) is 35.5 Å². The molecule has 0 aliphatic carbocycles. The largest absolute Gasteiger partial charge is 0.454 e. The molecule has 4 rings (SSSR count). The minimum atomic E-state index is -0.439. The molecule has 0 spiro atoms. The van der Waals surface area contributed by atoms with E-state index in [2.05, 4.69) is 5.32 Å². The molecule has 2 aliphatic rings. The molecular weight excluding hydrogens is 451 g/mol. The van der Waals surface area contributed by atoms with E-state index < -0.39 is 17.1 Å². The lowest BCUT2D eigenvalue weighted by atomic mass is 10.2. The fraction of sp³-hybridized carbons (Fsp3) is 0.150. The third-order valence-corrected chi connectivity index (χ3v) is 6.11. The Labute approximate surface area is 185 Å². The van der Waals surface area contributed by atoms with Crippen LogP contribution in [0.2, 0.25) is 10.0 Å². The molecule has 1 saturated heterocycles. The van der Waals surface area contributed by atoms with E-state index in [1.165, 1.54) is 6.07 Å². The van der Waals surface area contributed by atoms with Crippen LogP contribution >= 0.6 is 35.0 Å². The number of ether oxygens (including phenoxy) is 2. The highest BCUT2D eigenvalue weighted by atomic mass is 35.5. The van der Waals surface area contributed by atoms with Crippen molar-refractivity contribution < 1.29 is 23.9 Å². The number of nitrogens with zero attached hydrogens (tertiary/aromatic N) is 1. The summed E-state index contributed by atoms with van der Waals surface area (Å²) in [6.07, 6.45) is 1.62. The van der Waals surface area contributed by atoms with Crippen LogP contribution in [0.15, 0.2) is 41.3 Å².